The normalized spacial score (nSPS) is 11.6. The Bertz CT molecular complexity index is 3220. The highest BCUT2D eigenvalue weighted by atomic mass is 32.1. The molecule has 0 saturated carbocycles. The number of para-hydroxylation sites is 1. The minimum Gasteiger partial charge on any atom is -0.310 e. The fraction of sp³-hybridized carbons (Fsp3) is 0. The van der Waals surface area contributed by atoms with E-state index in [0.717, 1.165) is 17.1 Å². The zero-order chi connectivity index (χ0) is 36.3. The van der Waals surface area contributed by atoms with E-state index in [1.54, 1.807) is 0 Å². The summed E-state index contributed by atoms with van der Waals surface area (Å²) in [6.07, 6.45) is 0. The molecule has 0 atom stereocenters. The lowest BCUT2D eigenvalue weighted by Crippen LogP contribution is -2.11. The van der Waals surface area contributed by atoms with Crippen LogP contribution in [0.3, 0.4) is 0 Å². The van der Waals surface area contributed by atoms with Crippen molar-refractivity contribution in [1.29, 1.82) is 0 Å². The maximum atomic E-state index is 2.44. The summed E-state index contributed by atoms with van der Waals surface area (Å²) in [6.45, 7) is 0. The van der Waals surface area contributed by atoms with E-state index in [2.05, 4.69) is 205 Å². The predicted molar refractivity (Wildman–Crippen MR) is 241 cm³/mol. The van der Waals surface area contributed by atoms with Gasteiger partial charge in [0.25, 0.3) is 0 Å². The molecule has 0 bridgehead atoms. The molecule has 0 N–H and O–H groups in total. The Morgan fingerprint density at radius 3 is 1.82 bits per heavy atom. The Morgan fingerprint density at radius 1 is 0.327 bits per heavy atom. The van der Waals surface area contributed by atoms with Gasteiger partial charge in [0.15, 0.2) is 0 Å². The molecule has 3 heteroatoms. The monoisotopic (exact) mass is 735 g/mol. The van der Waals surface area contributed by atoms with E-state index < -0.39 is 0 Å². The number of benzene rings is 9. The van der Waals surface area contributed by atoms with Crippen molar-refractivity contribution in [1.82, 2.24) is 0 Å². The summed E-state index contributed by atoms with van der Waals surface area (Å²) in [5.41, 5.74) is 10.7. The number of hydrogen-bond acceptors (Lipinski definition) is 3. The molecule has 55 heavy (non-hydrogen) atoms. The van der Waals surface area contributed by atoms with Crippen LogP contribution in [-0.4, -0.2) is 0 Å². The third kappa shape index (κ3) is 5.35. The van der Waals surface area contributed by atoms with Crippen LogP contribution in [0.4, 0.5) is 17.1 Å². The highest BCUT2D eigenvalue weighted by Crippen LogP contribution is 2.46. The van der Waals surface area contributed by atoms with Crippen molar-refractivity contribution in [3.63, 3.8) is 0 Å². The maximum absolute atomic E-state index is 2.44. The summed E-state index contributed by atoms with van der Waals surface area (Å²) in [4.78, 5) is 2.44. The summed E-state index contributed by atoms with van der Waals surface area (Å²) < 4.78 is 5.28. The lowest BCUT2D eigenvalue weighted by atomic mass is 9.95. The van der Waals surface area contributed by atoms with Crippen molar-refractivity contribution in [2.24, 2.45) is 0 Å². The fourth-order valence-electron chi connectivity index (χ4n) is 8.38. The first-order valence-corrected chi connectivity index (χ1v) is 20.3. The Balaban J connectivity index is 1.10. The molecule has 0 unspecified atom stereocenters. The molecular weight excluding hydrogens is 703 g/mol. The zero-order valence-corrected chi connectivity index (χ0v) is 31.4. The average Bonchev–Trinajstić information content (AvgIpc) is 3.83. The molecule has 0 spiro atoms. The van der Waals surface area contributed by atoms with E-state index in [0.29, 0.717) is 0 Å². The van der Waals surface area contributed by atoms with Gasteiger partial charge in [0.2, 0.25) is 0 Å². The van der Waals surface area contributed by atoms with E-state index in [-0.39, 0.29) is 0 Å². The second-order valence-electron chi connectivity index (χ2n) is 14.0. The Hall–Kier alpha value is -6.52. The van der Waals surface area contributed by atoms with Gasteiger partial charge in [-0.05, 0) is 87.1 Å². The van der Waals surface area contributed by atoms with Gasteiger partial charge in [-0.3, -0.25) is 0 Å². The summed E-state index contributed by atoms with van der Waals surface area (Å²) in [5.74, 6) is 0. The number of fused-ring (bicyclic) bond motifs is 7. The standard InChI is InChI=1S/C52H33NS2/c1-2-17-39-34(13-1)14-10-23-42(39)43-18-3-6-25-47(43)53(37-31-29-35(30-32-37)41-22-11-24-45-44-19-4-7-26-48(44)55-52(41)45)38-16-9-15-36(33-38)40-21-12-28-50-51(40)46-20-5-8-27-49(46)54-50/h1-33H. The molecule has 9 aromatic carbocycles. The van der Waals surface area contributed by atoms with Crippen molar-refractivity contribution >= 4 is 90.9 Å². The Labute approximate surface area is 327 Å². The largest absolute Gasteiger partial charge is 0.310 e. The third-order valence-electron chi connectivity index (χ3n) is 10.9. The number of nitrogens with zero attached hydrogens (tertiary/aromatic N) is 1. The van der Waals surface area contributed by atoms with E-state index >= 15 is 0 Å². The quantitative estimate of drug-likeness (QED) is 0.164. The summed E-state index contributed by atoms with van der Waals surface area (Å²) in [6, 6.07) is 73.4. The molecule has 2 heterocycles. The lowest BCUT2D eigenvalue weighted by Gasteiger charge is -2.29. The first kappa shape index (κ1) is 32.0. The van der Waals surface area contributed by atoms with Crippen molar-refractivity contribution in [3.05, 3.63) is 200 Å². The molecular formula is C52H33NS2. The van der Waals surface area contributed by atoms with Gasteiger partial charge in [-0.25, -0.2) is 0 Å². The minimum absolute atomic E-state index is 1.11. The SMILES string of the molecule is c1cc(-c2cccc3sc4ccccc4c23)cc(N(c2ccc(-c3cccc4c3sc3ccccc34)cc2)c2ccccc2-c2cccc3ccccc23)c1. The molecule has 0 radical (unpaired) electrons. The number of anilines is 3. The second kappa shape index (κ2) is 13.1. The molecule has 0 aliphatic rings. The highest BCUT2D eigenvalue weighted by molar-refractivity contribution is 7.26. The van der Waals surface area contributed by atoms with Crippen LogP contribution in [0.15, 0.2) is 200 Å². The molecule has 0 aliphatic heterocycles. The van der Waals surface area contributed by atoms with Crippen LogP contribution >= 0.6 is 22.7 Å². The highest BCUT2D eigenvalue weighted by Gasteiger charge is 2.20. The van der Waals surface area contributed by atoms with E-state index in [4.69, 9.17) is 0 Å². The molecule has 0 amide bonds. The molecule has 0 saturated heterocycles. The van der Waals surface area contributed by atoms with Crippen LogP contribution in [0.5, 0.6) is 0 Å². The number of hydrogen-bond donors (Lipinski definition) is 0. The minimum atomic E-state index is 1.11. The van der Waals surface area contributed by atoms with Gasteiger partial charge in [-0.1, -0.05) is 152 Å². The van der Waals surface area contributed by atoms with Crippen molar-refractivity contribution < 1.29 is 0 Å². The van der Waals surface area contributed by atoms with E-state index in [1.165, 1.54) is 84.5 Å². The van der Waals surface area contributed by atoms with Crippen LogP contribution < -0.4 is 4.90 Å². The summed E-state index contributed by atoms with van der Waals surface area (Å²) >= 11 is 3.75. The Morgan fingerprint density at radius 2 is 0.927 bits per heavy atom. The van der Waals surface area contributed by atoms with E-state index in [9.17, 15) is 0 Å². The van der Waals surface area contributed by atoms with Crippen LogP contribution in [0, 0.1) is 0 Å². The number of thiophene rings is 2. The van der Waals surface area contributed by atoms with Gasteiger partial charge in [0.1, 0.15) is 0 Å². The fourth-order valence-corrected chi connectivity index (χ4v) is 10.7. The molecule has 11 rings (SSSR count). The zero-order valence-electron chi connectivity index (χ0n) is 29.8. The molecule has 1 nitrogen and oxygen atoms in total. The molecule has 2 aromatic heterocycles. The van der Waals surface area contributed by atoms with Crippen molar-refractivity contribution in [2.45, 2.75) is 0 Å². The first-order valence-electron chi connectivity index (χ1n) is 18.7. The van der Waals surface area contributed by atoms with Gasteiger partial charge in [-0.15, -0.1) is 22.7 Å². The molecule has 0 fully saturated rings. The van der Waals surface area contributed by atoms with Crippen LogP contribution in [0.1, 0.15) is 0 Å². The smallest absolute Gasteiger partial charge is 0.0540 e. The second-order valence-corrected chi connectivity index (χ2v) is 16.2. The van der Waals surface area contributed by atoms with E-state index in [1.807, 2.05) is 22.7 Å². The first-order chi connectivity index (χ1) is 27.3. The summed E-state index contributed by atoms with van der Waals surface area (Å²) in [5, 5.41) is 7.75. The van der Waals surface area contributed by atoms with Gasteiger partial charge < -0.3 is 4.90 Å². The molecule has 0 aliphatic carbocycles. The number of rotatable bonds is 6. The average molecular weight is 736 g/mol. The van der Waals surface area contributed by atoms with Crippen molar-refractivity contribution in [3.8, 4) is 33.4 Å². The van der Waals surface area contributed by atoms with Crippen LogP contribution in [0.25, 0.3) is 84.5 Å². The maximum Gasteiger partial charge on any atom is 0.0540 e. The van der Waals surface area contributed by atoms with Gasteiger partial charge in [0.05, 0.1) is 5.69 Å². The lowest BCUT2D eigenvalue weighted by molar-refractivity contribution is 1.28. The summed E-state index contributed by atoms with van der Waals surface area (Å²) in [7, 11) is 0. The Kier molecular flexibility index (Phi) is 7.61. The van der Waals surface area contributed by atoms with Crippen molar-refractivity contribution in [2.75, 3.05) is 4.90 Å². The van der Waals surface area contributed by atoms with Crippen LogP contribution in [-0.2, 0) is 0 Å². The van der Waals surface area contributed by atoms with Gasteiger partial charge in [0, 0.05) is 57.3 Å². The topological polar surface area (TPSA) is 3.24 Å². The molecule has 11 aromatic rings. The van der Waals surface area contributed by atoms with Gasteiger partial charge >= 0.3 is 0 Å². The van der Waals surface area contributed by atoms with Gasteiger partial charge in [-0.2, -0.15) is 0 Å². The predicted octanol–water partition coefficient (Wildman–Crippen LogP) is 16.0. The third-order valence-corrected chi connectivity index (χ3v) is 13.2. The molecule has 258 valence electrons. The van der Waals surface area contributed by atoms with Crippen LogP contribution in [0.2, 0.25) is 0 Å².